The number of nitrogens with two attached hydrogens (primary N) is 1. The number of carboxylic acid groups (broad SMARTS) is 1. The number of aromatic nitrogens is 1. The van der Waals surface area contributed by atoms with Crippen molar-refractivity contribution >= 4 is 11.9 Å². The first-order chi connectivity index (χ1) is 8.09. The fourth-order valence-electron chi connectivity index (χ4n) is 1.42. The lowest BCUT2D eigenvalue weighted by atomic mass is 10.1. The van der Waals surface area contributed by atoms with E-state index in [1.807, 2.05) is 0 Å². The minimum absolute atomic E-state index is 0.0978. The van der Waals surface area contributed by atoms with E-state index >= 15 is 0 Å². The molecule has 0 radical (unpaired) electrons. The first kappa shape index (κ1) is 10.9. The monoisotopic (exact) mass is 232 g/mol. The topological polar surface area (TPSA) is 106 Å². The van der Waals surface area contributed by atoms with Gasteiger partial charge in [0.1, 0.15) is 0 Å². The van der Waals surface area contributed by atoms with Gasteiger partial charge in [0.15, 0.2) is 17.8 Å². The number of hydrogen-bond acceptors (Lipinski definition) is 4. The van der Waals surface area contributed by atoms with E-state index in [0.29, 0.717) is 5.56 Å². The van der Waals surface area contributed by atoms with Gasteiger partial charge >= 0.3 is 5.97 Å². The minimum atomic E-state index is -1.20. The molecule has 3 N–H and O–H groups in total. The van der Waals surface area contributed by atoms with E-state index in [9.17, 15) is 9.59 Å². The Kier molecular flexibility index (Phi) is 2.61. The summed E-state index contributed by atoms with van der Waals surface area (Å²) in [5.74, 6) is -1.69. The van der Waals surface area contributed by atoms with Gasteiger partial charge in [0.05, 0.1) is 0 Å². The average Bonchev–Trinajstić information content (AvgIpc) is 2.78. The number of amides is 1. The number of carbonyl (C=O) groups excluding carboxylic acids is 1. The summed E-state index contributed by atoms with van der Waals surface area (Å²) in [6, 6.07) is 6.18. The second-order valence-corrected chi connectivity index (χ2v) is 3.28. The molecule has 1 heterocycles. The largest absolute Gasteiger partial charge is 0.476 e. The maximum Gasteiger partial charge on any atom is 0.358 e. The summed E-state index contributed by atoms with van der Waals surface area (Å²) in [7, 11) is 0. The van der Waals surface area contributed by atoms with E-state index in [2.05, 4.69) is 4.98 Å². The number of nitrogens with zero attached hydrogens (tertiary/aromatic N) is 1. The van der Waals surface area contributed by atoms with Gasteiger partial charge in [-0.3, -0.25) is 4.79 Å². The van der Waals surface area contributed by atoms with Crippen molar-refractivity contribution in [3.8, 4) is 11.3 Å². The van der Waals surface area contributed by atoms with Crippen molar-refractivity contribution < 1.29 is 19.1 Å². The SMILES string of the molecule is NC(=O)c1cccc(-c2ocnc2C(=O)O)c1. The molecular formula is C11H8N2O4. The fourth-order valence-corrected chi connectivity index (χ4v) is 1.42. The zero-order valence-corrected chi connectivity index (χ0v) is 8.58. The summed E-state index contributed by atoms with van der Waals surface area (Å²) in [5.41, 5.74) is 5.64. The number of carboxylic acids is 1. The zero-order valence-electron chi connectivity index (χ0n) is 8.58. The summed E-state index contributed by atoms with van der Waals surface area (Å²) in [5, 5.41) is 8.88. The number of hydrogen-bond donors (Lipinski definition) is 2. The molecule has 1 amide bonds. The maximum atomic E-state index is 11.0. The normalized spacial score (nSPS) is 10.1. The molecule has 0 saturated carbocycles. The van der Waals surface area contributed by atoms with Gasteiger partial charge in [-0.05, 0) is 12.1 Å². The average molecular weight is 232 g/mol. The van der Waals surface area contributed by atoms with Crippen LogP contribution in [0.3, 0.4) is 0 Å². The Morgan fingerprint density at radius 3 is 2.76 bits per heavy atom. The zero-order chi connectivity index (χ0) is 12.4. The third-order valence-electron chi connectivity index (χ3n) is 2.18. The highest BCUT2D eigenvalue weighted by Gasteiger charge is 2.17. The predicted molar refractivity (Wildman–Crippen MR) is 57.4 cm³/mol. The summed E-state index contributed by atoms with van der Waals surface area (Å²) in [4.78, 5) is 25.4. The van der Waals surface area contributed by atoms with Crippen LogP contribution in [0, 0.1) is 0 Å². The van der Waals surface area contributed by atoms with Gasteiger partial charge in [0.2, 0.25) is 5.91 Å². The molecule has 0 atom stereocenters. The van der Waals surface area contributed by atoms with Crippen molar-refractivity contribution in [2.75, 3.05) is 0 Å². The van der Waals surface area contributed by atoms with Crippen LogP contribution in [-0.4, -0.2) is 22.0 Å². The molecule has 1 aromatic carbocycles. The van der Waals surface area contributed by atoms with Crippen molar-refractivity contribution in [2.24, 2.45) is 5.73 Å². The number of benzene rings is 1. The molecule has 6 nitrogen and oxygen atoms in total. The maximum absolute atomic E-state index is 11.0. The Balaban J connectivity index is 2.53. The van der Waals surface area contributed by atoms with Crippen LogP contribution < -0.4 is 5.73 Å². The van der Waals surface area contributed by atoms with E-state index in [1.54, 1.807) is 12.1 Å². The standard InChI is InChI=1S/C11H8N2O4/c12-10(14)7-3-1-2-6(4-7)9-8(11(15)16)13-5-17-9/h1-5H,(H2,12,14)(H,15,16). The smallest absolute Gasteiger partial charge is 0.358 e. The lowest BCUT2D eigenvalue weighted by molar-refractivity contribution is 0.0691. The second kappa shape index (κ2) is 4.09. The molecule has 86 valence electrons. The third-order valence-corrected chi connectivity index (χ3v) is 2.18. The van der Waals surface area contributed by atoms with Crippen molar-refractivity contribution in [1.29, 1.82) is 0 Å². The van der Waals surface area contributed by atoms with Gasteiger partial charge in [0, 0.05) is 11.1 Å². The van der Waals surface area contributed by atoms with Crippen LogP contribution in [0.25, 0.3) is 11.3 Å². The first-order valence-corrected chi connectivity index (χ1v) is 4.66. The van der Waals surface area contributed by atoms with Crippen molar-refractivity contribution in [2.45, 2.75) is 0 Å². The summed E-state index contributed by atoms with van der Waals surface area (Å²) >= 11 is 0. The number of rotatable bonds is 3. The van der Waals surface area contributed by atoms with Crippen LogP contribution in [0.5, 0.6) is 0 Å². The molecule has 0 saturated heterocycles. The molecule has 0 unspecified atom stereocenters. The van der Waals surface area contributed by atoms with E-state index in [0.717, 1.165) is 6.39 Å². The van der Waals surface area contributed by atoms with Gasteiger partial charge in [-0.1, -0.05) is 12.1 Å². The van der Waals surface area contributed by atoms with Crippen LogP contribution in [0.2, 0.25) is 0 Å². The Labute approximate surface area is 95.7 Å². The molecule has 6 heteroatoms. The lowest BCUT2D eigenvalue weighted by Gasteiger charge is -2.00. The summed E-state index contributed by atoms with van der Waals surface area (Å²) < 4.78 is 5.00. The summed E-state index contributed by atoms with van der Waals surface area (Å²) in [6.45, 7) is 0. The van der Waals surface area contributed by atoms with Crippen LogP contribution >= 0.6 is 0 Å². The minimum Gasteiger partial charge on any atom is -0.476 e. The highest BCUT2D eigenvalue weighted by molar-refractivity contribution is 5.96. The van der Waals surface area contributed by atoms with Gasteiger partial charge in [-0.2, -0.15) is 0 Å². The predicted octanol–water partition coefficient (Wildman–Crippen LogP) is 1.14. The molecular weight excluding hydrogens is 224 g/mol. The fraction of sp³-hybridized carbons (Fsp3) is 0. The molecule has 1 aromatic heterocycles. The molecule has 0 bridgehead atoms. The Bertz CT molecular complexity index is 589. The molecule has 0 spiro atoms. The van der Waals surface area contributed by atoms with E-state index in [1.165, 1.54) is 12.1 Å². The van der Waals surface area contributed by atoms with Gasteiger partial charge in [-0.15, -0.1) is 0 Å². The van der Waals surface area contributed by atoms with Crippen LogP contribution in [0.1, 0.15) is 20.8 Å². The lowest BCUT2D eigenvalue weighted by Crippen LogP contribution is -2.10. The number of oxazole rings is 1. The Hall–Kier alpha value is -2.63. The van der Waals surface area contributed by atoms with E-state index in [-0.39, 0.29) is 17.0 Å². The molecule has 17 heavy (non-hydrogen) atoms. The summed E-state index contributed by atoms with van der Waals surface area (Å²) in [6.07, 6.45) is 1.04. The highest BCUT2D eigenvalue weighted by atomic mass is 16.4. The van der Waals surface area contributed by atoms with Crippen LogP contribution in [0.4, 0.5) is 0 Å². The molecule has 0 aliphatic rings. The van der Waals surface area contributed by atoms with E-state index in [4.69, 9.17) is 15.3 Å². The Morgan fingerprint density at radius 1 is 1.35 bits per heavy atom. The van der Waals surface area contributed by atoms with E-state index < -0.39 is 11.9 Å². The number of aromatic carboxylic acids is 1. The molecule has 2 rings (SSSR count). The molecule has 0 aliphatic heterocycles. The van der Waals surface area contributed by atoms with Gasteiger partial charge in [0.25, 0.3) is 0 Å². The van der Waals surface area contributed by atoms with Crippen LogP contribution in [0.15, 0.2) is 35.1 Å². The molecule has 2 aromatic rings. The quantitative estimate of drug-likeness (QED) is 0.825. The Morgan fingerprint density at radius 2 is 2.12 bits per heavy atom. The second-order valence-electron chi connectivity index (χ2n) is 3.28. The van der Waals surface area contributed by atoms with Gasteiger partial charge < -0.3 is 15.3 Å². The third kappa shape index (κ3) is 2.00. The molecule has 0 fully saturated rings. The molecule has 0 aliphatic carbocycles. The van der Waals surface area contributed by atoms with Gasteiger partial charge in [-0.25, -0.2) is 9.78 Å². The van der Waals surface area contributed by atoms with Crippen LogP contribution in [-0.2, 0) is 0 Å². The first-order valence-electron chi connectivity index (χ1n) is 4.66. The number of primary amides is 1. The van der Waals surface area contributed by atoms with Crippen molar-refractivity contribution in [3.63, 3.8) is 0 Å². The van der Waals surface area contributed by atoms with Crippen molar-refractivity contribution in [3.05, 3.63) is 41.9 Å². The van der Waals surface area contributed by atoms with Crippen molar-refractivity contribution in [1.82, 2.24) is 4.98 Å². The number of carbonyl (C=O) groups is 2. The highest BCUT2D eigenvalue weighted by Crippen LogP contribution is 2.23.